The number of nitrogens with zero attached hydrogens (tertiary/aromatic N) is 1. The average Bonchev–Trinajstić information content (AvgIpc) is 3.38. The predicted octanol–water partition coefficient (Wildman–Crippen LogP) is 10.6. The van der Waals surface area contributed by atoms with Crippen molar-refractivity contribution >= 4 is 43.2 Å². The standard InChI is InChI=1S/C35H35NOS/c1-20(2)16-23-12-13-29-27(17-23)21(3)33(37-29)34-22(4)31-30(38-34)14-15-36-32(31)25-18-24-10-8-9-11-26(24)28(19-25)35(5,6)7/h8-15,17-20H,16H2,1-7H3. The molecule has 0 unspecified atom stereocenters. The highest BCUT2D eigenvalue weighted by Crippen LogP contribution is 2.46. The Labute approximate surface area is 229 Å². The first-order valence-corrected chi connectivity index (χ1v) is 14.4. The molecule has 0 saturated carbocycles. The Kier molecular flexibility index (Phi) is 5.96. The van der Waals surface area contributed by atoms with Crippen LogP contribution in [0.4, 0.5) is 0 Å². The molecule has 0 spiro atoms. The Balaban J connectivity index is 1.55. The Morgan fingerprint density at radius 1 is 0.895 bits per heavy atom. The minimum absolute atomic E-state index is 0.0260. The zero-order chi connectivity index (χ0) is 26.8. The third-order valence-electron chi connectivity index (χ3n) is 7.63. The topological polar surface area (TPSA) is 26.0 Å². The van der Waals surface area contributed by atoms with Crippen LogP contribution in [-0.4, -0.2) is 4.98 Å². The average molecular weight is 518 g/mol. The van der Waals surface area contributed by atoms with Crippen molar-refractivity contribution in [3.05, 3.63) is 89.1 Å². The van der Waals surface area contributed by atoms with E-state index in [2.05, 4.69) is 109 Å². The molecular formula is C35H35NOS. The number of hydrogen-bond acceptors (Lipinski definition) is 3. The molecule has 0 aliphatic heterocycles. The van der Waals surface area contributed by atoms with Gasteiger partial charge in [0.15, 0.2) is 0 Å². The first kappa shape index (κ1) is 24.9. The van der Waals surface area contributed by atoms with E-state index in [9.17, 15) is 0 Å². The van der Waals surface area contributed by atoms with E-state index in [1.54, 1.807) is 0 Å². The number of benzene rings is 3. The number of hydrogen-bond donors (Lipinski definition) is 0. The van der Waals surface area contributed by atoms with Crippen molar-refractivity contribution in [1.29, 1.82) is 0 Å². The third kappa shape index (κ3) is 4.14. The summed E-state index contributed by atoms with van der Waals surface area (Å²) >= 11 is 1.81. The number of thiophene rings is 1. The summed E-state index contributed by atoms with van der Waals surface area (Å²) in [5.74, 6) is 1.61. The molecule has 3 heterocycles. The fraction of sp³-hybridized carbons (Fsp3) is 0.286. The lowest BCUT2D eigenvalue weighted by Crippen LogP contribution is -2.12. The van der Waals surface area contributed by atoms with Crippen LogP contribution in [-0.2, 0) is 11.8 Å². The molecule has 2 nitrogen and oxygen atoms in total. The molecular weight excluding hydrogens is 482 g/mol. The summed E-state index contributed by atoms with van der Waals surface area (Å²) < 4.78 is 7.76. The molecule has 0 aliphatic rings. The van der Waals surface area contributed by atoms with Crippen LogP contribution < -0.4 is 0 Å². The normalized spacial score (nSPS) is 12.4. The lowest BCUT2D eigenvalue weighted by atomic mass is 9.82. The zero-order valence-electron chi connectivity index (χ0n) is 23.4. The summed E-state index contributed by atoms with van der Waals surface area (Å²) in [5.41, 5.74) is 8.38. The molecule has 0 atom stereocenters. The molecule has 0 saturated heterocycles. The van der Waals surface area contributed by atoms with Crippen molar-refractivity contribution in [2.75, 3.05) is 0 Å². The molecule has 0 amide bonds. The highest BCUT2D eigenvalue weighted by atomic mass is 32.1. The van der Waals surface area contributed by atoms with E-state index in [1.807, 2.05) is 17.5 Å². The van der Waals surface area contributed by atoms with Crippen molar-refractivity contribution in [3.63, 3.8) is 0 Å². The molecule has 0 bridgehead atoms. The van der Waals surface area contributed by atoms with Crippen molar-refractivity contribution < 1.29 is 4.42 Å². The number of furan rings is 1. The molecule has 38 heavy (non-hydrogen) atoms. The zero-order valence-corrected chi connectivity index (χ0v) is 24.2. The van der Waals surface area contributed by atoms with Gasteiger partial charge in [0.1, 0.15) is 11.3 Å². The number of fused-ring (bicyclic) bond motifs is 3. The number of rotatable bonds is 4. The van der Waals surface area contributed by atoms with E-state index in [1.165, 1.54) is 58.9 Å². The van der Waals surface area contributed by atoms with Gasteiger partial charge in [0.25, 0.3) is 0 Å². The third-order valence-corrected chi connectivity index (χ3v) is 8.89. The van der Waals surface area contributed by atoms with Crippen LogP contribution in [0.15, 0.2) is 71.3 Å². The van der Waals surface area contributed by atoms with Gasteiger partial charge in [-0.3, -0.25) is 4.98 Å². The summed E-state index contributed by atoms with van der Waals surface area (Å²) in [4.78, 5) is 6.15. The van der Waals surface area contributed by atoms with E-state index >= 15 is 0 Å². The van der Waals surface area contributed by atoms with E-state index < -0.39 is 0 Å². The molecule has 0 fully saturated rings. The molecule has 3 aromatic carbocycles. The minimum Gasteiger partial charge on any atom is -0.455 e. The highest BCUT2D eigenvalue weighted by molar-refractivity contribution is 7.22. The van der Waals surface area contributed by atoms with Crippen LogP contribution in [0.25, 0.3) is 53.7 Å². The maximum atomic E-state index is 6.51. The summed E-state index contributed by atoms with van der Waals surface area (Å²) in [7, 11) is 0. The maximum absolute atomic E-state index is 6.51. The van der Waals surface area contributed by atoms with Gasteiger partial charge in [-0.2, -0.15) is 0 Å². The van der Waals surface area contributed by atoms with Crippen molar-refractivity contribution in [3.8, 4) is 21.9 Å². The van der Waals surface area contributed by atoms with Gasteiger partial charge in [-0.15, -0.1) is 11.3 Å². The second kappa shape index (κ2) is 9.10. The van der Waals surface area contributed by atoms with Crippen LogP contribution in [0.2, 0.25) is 0 Å². The van der Waals surface area contributed by atoms with E-state index in [0.717, 1.165) is 23.5 Å². The smallest absolute Gasteiger partial charge is 0.148 e. The summed E-state index contributed by atoms with van der Waals surface area (Å²) in [5, 5.41) is 5.02. The summed E-state index contributed by atoms with van der Waals surface area (Å²) in [6.45, 7) is 15.8. The van der Waals surface area contributed by atoms with E-state index in [-0.39, 0.29) is 5.41 Å². The van der Waals surface area contributed by atoms with E-state index in [4.69, 9.17) is 9.40 Å². The van der Waals surface area contributed by atoms with Gasteiger partial charge in [0.2, 0.25) is 0 Å². The van der Waals surface area contributed by atoms with Crippen molar-refractivity contribution in [2.45, 2.75) is 60.3 Å². The number of aryl methyl sites for hydroxylation is 2. The Bertz CT molecular complexity index is 1830. The lowest BCUT2D eigenvalue weighted by molar-refractivity contribution is 0.596. The second-order valence-electron chi connectivity index (χ2n) is 12.1. The number of aromatic nitrogens is 1. The second-order valence-corrected chi connectivity index (χ2v) is 13.1. The SMILES string of the molecule is Cc1c(-c2sc3ccnc(-c4cc(C(C)(C)C)c5ccccc5c4)c3c2C)oc2ccc(CC(C)C)cc12. The first-order chi connectivity index (χ1) is 18.1. The fourth-order valence-corrected chi connectivity index (χ4v) is 7.02. The molecule has 6 rings (SSSR count). The lowest BCUT2D eigenvalue weighted by Gasteiger charge is -2.23. The van der Waals surface area contributed by atoms with Gasteiger partial charge in [-0.1, -0.05) is 65.0 Å². The summed E-state index contributed by atoms with van der Waals surface area (Å²) in [6, 6.07) is 22.2. The number of pyridine rings is 1. The fourth-order valence-electron chi connectivity index (χ4n) is 5.78. The molecule has 6 aromatic rings. The van der Waals surface area contributed by atoms with Gasteiger partial charge in [-0.05, 0) is 89.4 Å². The monoisotopic (exact) mass is 517 g/mol. The van der Waals surface area contributed by atoms with Gasteiger partial charge < -0.3 is 4.42 Å². The molecule has 0 aliphatic carbocycles. The van der Waals surface area contributed by atoms with Gasteiger partial charge >= 0.3 is 0 Å². The Hall–Kier alpha value is -3.43. The highest BCUT2D eigenvalue weighted by Gasteiger charge is 2.23. The van der Waals surface area contributed by atoms with Crippen LogP contribution >= 0.6 is 11.3 Å². The van der Waals surface area contributed by atoms with Crippen molar-refractivity contribution in [1.82, 2.24) is 4.98 Å². The predicted molar refractivity (Wildman–Crippen MR) is 164 cm³/mol. The van der Waals surface area contributed by atoms with Crippen LogP contribution in [0.1, 0.15) is 56.9 Å². The van der Waals surface area contributed by atoms with Crippen LogP contribution in [0, 0.1) is 19.8 Å². The molecule has 3 aromatic heterocycles. The molecule has 3 heteroatoms. The largest absolute Gasteiger partial charge is 0.455 e. The van der Waals surface area contributed by atoms with Crippen LogP contribution in [0.3, 0.4) is 0 Å². The maximum Gasteiger partial charge on any atom is 0.148 e. The Morgan fingerprint density at radius 3 is 2.45 bits per heavy atom. The Morgan fingerprint density at radius 2 is 1.68 bits per heavy atom. The quantitative estimate of drug-likeness (QED) is 0.232. The van der Waals surface area contributed by atoms with E-state index in [0.29, 0.717) is 5.92 Å². The summed E-state index contributed by atoms with van der Waals surface area (Å²) in [6.07, 6.45) is 3.03. The molecule has 192 valence electrons. The minimum atomic E-state index is 0.0260. The van der Waals surface area contributed by atoms with Gasteiger partial charge in [-0.25, -0.2) is 0 Å². The van der Waals surface area contributed by atoms with Crippen molar-refractivity contribution in [2.24, 2.45) is 5.92 Å². The first-order valence-electron chi connectivity index (χ1n) is 13.6. The van der Waals surface area contributed by atoms with Crippen LogP contribution in [0.5, 0.6) is 0 Å². The molecule has 0 N–H and O–H groups in total. The van der Waals surface area contributed by atoms with Gasteiger partial charge in [0, 0.05) is 32.8 Å². The van der Waals surface area contributed by atoms with Gasteiger partial charge in [0.05, 0.1) is 10.6 Å². The molecule has 0 radical (unpaired) electrons.